The third-order valence-electron chi connectivity index (χ3n) is 4.75. The van der Waals surface area contributed by atoms with Gasteiger partial charge in [0.2, 0.25) is 0 Å². The van der Waals surface area contributed by atoms with Gasteiger partial charge in [-0.3, -0.25) is 4.79 Å². The van der Waals surface area contributed by atoms with Crippen LogP contribution >= 0.6 is 0 Å². The first kappa shape index (κ1) is 17.8. The highest BCUT2D eigenvalue weighted by Gasteiger charge is 2.12. The Hall–Kier alpha value is -3.60. The van der Waals surface area contributed by atoms with Crippen molar-refractivity contribution in [1.29, 1.82) is 0 Å². The Kier molecular flexibility index (Phi) is 4.81. The topological polar surface area (TPSA) is 53.4 Å². The highest BCUT2D eigenvalue weighted by atomic mass is 16.5. The molecule has 5 nitrogen and oxygen atoms in total. The van der Waals surface area contributed by atoms with Crippen molar-refractivity contribution < 1.29 is 9.47 Å². The van der Waals surface area contributed by atoms with Crippen LogP contribution in [0.3, 0.4) is 0 Å². The Bertz CT molecular complexity index is 1190. The molecule has 3 aromatic carbocycles. The number of rotatable bonds is 5. The van der Waals surface area contributed by atoms with Crippen molar-refractivity contribution in [3.05, 3.63) is 88.7 Å². The molecular formula is C23H20N2O3. The largest absolute Gasteiger partial charge is 0.497 e. The van der Waals surface area contributed by atoms with E-state index in [0.717, 1.165) is 21.9 Å². The monoisotopic (exact) mass is 372 g/mol. The fourth-order valence-corrected chi connectivity index (χ4v) is 3.31. The lowest BCUT2D eigenvalue weighted by Gasteiger charge is -2.12. The maximum Gasteiger partial charge on any atom is 0.267 e. The second-order valence-corrected chi connectivity index (χ2v) is 6.42. The molecular weight excluding hydrogens is 352 g/mol. The molecule has 1 aromatic heterocycles. The smallest absolute Gasteiger partial charge is 0.267 e. The first-order valence-electron chi connectivity index (χ1n) is 8.97. The summed E-state index contributed by atoms with van der Waals surface area (Å²) >= 11 is 0. The summed E-state index contributed by atoms with van der Waals surface area (Å²) in [7, 11) is 3.22. The summed E-state index contributed by atoms with van der Waals surface area (Å²) in [6, 6.07) is 23.0. The highest BCUT2D eigenvalue weighted by Crippen LogP contribution is 2.31. The van der Waals surface area contributed by atoms with E-state index < -0.39 is 0 Å². The predicted molar refractivity (Wildman–Crippen MR) is 110 cm³/mol. The first-order chi connectivity index (χ1) is 13.7. The zero-order valence-electron chi connectivity index (χ0n) is 15.8. The molecule has 5 heteroatoms. The van der Waals surface area contributed by atoms with Crippen molar-refractivity contribution in [3.63, 3.8) is 0 Å². The van der Waals surface area contributed by atoms with Gasteiger partial charge in [0, 0.05) is 11.6 Å². The van der Waals surface area contributed by atoms with Gasteiger partial charge in [0.05, 0.1) is 26.5 Å². The zero-order valence-corrected chi connectivity index (χ0v) is 15.8. The van der Waals surface area contributed by atoms with Gasteiger partial charge in [0.15, 0.2) is 0 Å². The molecule has 0 saturated carbocycles. The van der Waals surface area contributed by atoms with Gasteiger partial charge >= 0.3 is 0 Å². The normalized spacial score (nSPS) is 10.8. The average Bonchev–Trinajstić information content (AvgIpc) is 2.75. The van der Waals surface area contributed by atoms with E-state index >= 15 is 0 Å². The summed E-state index contributed by atoms with van der Waals surface area (Å²) in [5, 5.41) is 6.85. The van der Waals surface area contributed by atoms with Gasteiger partial charge in [-0.15, -0.1) is 0 Å². The maximum absolute atomic E-state index is 12.5. The Morgan fingerprint density at radius 3 is 2.54 bits per heavy atom. The molecule has 1 heterocycles. The second kappa shape index (κ2) is 7.56. The van der Waals surface area contributed by atoms with Gasteiger partial charge < -0.3 is 9.47 Å². The fraction of sp³-hybridized carbons (Fsp3) is 0.130. The molecule has 0 fully saturated rings. The summed E-state index contributed by atoms with van der Waals surface area (Å²) in [5.41, 5.74) is 2.31. The summed E-state index contributed by atoms with van der Waals surface area (Å²) in [5.74, 6) is 1.37. The molecule has 4 aromatic rings. The molecule has 0 amide bonds. The first-order valence-corrected chi connectivity index (χ1v) is 8.97. The number of fused-ring (bicyclic) bond motifs is 1. The van der Waals surface area contributed by atoms with Gasteiger partial charge in [-0.2, -0.15) is 5.10 Å². The summed E-state index contributed by atoms with van der Waals surface area (Å²) in [6.07, 6.45) is 0. The molecule has 0 saturated heterocycles. The maximum atomic E-state index is 12.5. The van der Waals surface area contributed by atoms with Crippen molar-refractivity contribution >= 4 is 10.8 Å². The Labute approximate surface area is 162 Å². The van der Waals surface area contributed by atoms with Crippen molar-refractivity contribution in [2.75, 3.05) is 14.2 Å². The quantitative estimate of drug-likeness (QED) is 0.529. The minimum atomic E-state index is -0.154. The SMILES string of the molecule is COc1ccc(OC)c(-c2ccc(=O)n(Cc3cccc4ccccc34)n2)c1. The van der Waals surface area contributed by atoms with E-state index in [1.54, 1.807) is 20.3 Å². The number of ether oxygens (including phenoxy) is 2. The number of hydrogen-bond acceptors (Lipinski definition) is 4. The van der Waals surface area contributed by atoms with E-state index in [0.29, 0.717) is 23.7 Å². The standard InChI is InChI=1S/C23H20N2O3/c1-27-18-10-12-22(28-2)20(14-18)21-11-13-23(26)25(24-21)15-17-8-5-7-16-6-3-4-9-19(16)17/h3-14H,15H2,1-2H3. The number of hydrogen-bond donors (Lipinski definition) is 0. The van der Waals surface area contributed by atoms with E-state index in [4.69, 9.17) is 9.47 Å². The van der Waals surface area contributed by atoms with Crippen LogP contribution in [0.1, 0.15) is 5.56 Å². The lowest BCUT2D eigenvalue weighted by molar-refractivity contribution is 0.404. The van der Waals surface area contributed by atoms with E-state index in [1.165, 1.54) is 10.7 Å². The Morgan fingerprint density at radius 2 is 1.71 bits per heavy atom. The molecule has 0 atom stereocenters. The van der Waals surface area contributed by atoms with Crippen LogP contribution in [-0.2, 0) is 6.54 Å². The number of benzene rings is 3. The molecule has 0 aliphatic rings. The highest BCUT2D eigenvalue weighted by molar-refractivity contribution is 5.85. The van der Waals surface area contributed by atoms with Crippen LogP contribution in [0, 0.1) is 0 Å². The van der Waals surface area contributed by atoms with Gasteiger partial charge in [0.25, 0.3) is 5.56 Å². The van der Waals surface area contributed by atoms with Crippen LogP contribution < -0.4 is 15.0 Å². The lowest BCUT2D eigenvalue weighted by atomic mass is 10.0. The van der Waals surface area contributed by atoms with Crippen LogP contribution in [0.2, 0.25) is 0 Å². The zero-order chi connectivity index (χ0) is 19.5. The predicted octanol–water partition coefficient (Wildman–Crippen LogP) is 4.13. The molecule has 0 aliphatic heterocycles. The van der Waals surface area contributed by atoms with Gasteiger partial charge in [-0.05, 0) is 40.6 Å². The summed E-state index contributed by atoms with van der Waals surface area (Å²) < 4.78 is 12.3. The van der Waals surface area contributed by atoms with E-state index in [-0.39, 0.29) is 5.56 Å². The molecule has 4 rings (SSSR count). The third kappa shape index (κ3) is 3.34. The minimum Gasteiger partial charge on any atom is -0.497 e. The summed E-state index contributed by atoms with van der Waals surface area (Å²) in [4.78, 5) is 12.5. The number of nitrogens with zero attached hydrogens (tertiary/aromatic N) is 2. The molecule has 0 bridgehead atoms. The molecule has 0 aliphatic carbocycles. The Morgan fingerprint density at radius 1 is 0.893 bits per heavy atom. The van der Waals surface area contributed by atoms with Gasteiger partial charge in [-0.25, -0.2) is 4.68 Å². The average molecular weight is 372 g/mol. The molecule has 0 spiro atoms. The second-order valence-electron chi connectivity index (χ2n) is 6.42. The van der Waals surface area contributed by atoms with Crippen LogP contribution in [0.4, 0.5) is 0 Å². The van der Waals surface area contributed by atoms with E-state index in [1.807, 2.05) is 42.5 Å². The summed E-state index contributed by atoms with van der Waals surface area (Å²) in [6.45, 7) is 0.389. The van der Waals surface area contributed by atoms with Gasteiger partial charge in [-0.1, -0.05) is 42.5 Å². The molecule has 0 unspecified atom stereocenters. The van der Waals surface area contributed by atoms with Crippen molar-refractivity contribution in [1.82, 2.24) is 9.78 Å². The van der Waals surface area contributed by atoms with E-state index in [9.17, 15) is 4.79 Å². The minimum absolute atomic E-state index is 0.154. The van der Waals surface area contributed by atoms with Crippen LogP contribution in [0.25, 0.3) is 22.0 Å². The number of methoxy groups -OCH3 is 2. The van der Waals surface area contributed by atoms with Crippen molar-refractivity contribution in [2.24, 2.45) is 0 Å². The fourth-order valence-electron chi connectivity index (χ4n) is 3.31. The van der Waals surface area contributed by atoms with Crippen LogP contribution in [0.15, 0.2) is 77.6 Å². The third-order valence-corrected chi connectivity index (χ3v) is 4.75. The molecule has 0 N–H and O–H groups in total. The number of aromatic nitrogens is 2. The Balaban J connectivity index is 1.79. The van der Waals surface area contributed by atoms with Crippen LogP contribution in [-0.4, -0.2) is 24.0 Å². The van der Waals surface area contributed by atoms with Gasteiger partial charge in [0.1, 0.15) is 11.5 Å². The molecule has 140 valence electrons. The van der Waals surface area contributed by atoms with Crippen molar-refractivity contribution in [2.45, 2.75) is 6.54 Å². The molecule has 0 radical (unpaired) electrons. The lowest BCUT2D eigenvalue weighted by Crippen LogP contribution is -2.23. The van der Waals surface area contributed by atoms with Crippen molar-refractivity contribution in [3.8, 4) is 22.8 Å². The van der Waals surface area contributed by atoms with Crippen LogP contribution in [0.5, 0.6) is 11.5 Å². The van der Waals surface area contributed by atoms with E-state index in [2.05, 4.69) is 23.3 Å². The molecule has 28 heavy (non-hydrogen) atoms.